The van der Waals surface area contributed by atoms with Crippen LogP contribution in [-0.2, 0) is 9.59 Å². The minimum Gasteiger partial charge on any atom is -0.481 e. The Morgan fingerprint density at radius 1 is 1.00 bits per heavy atom. The van der Waals surface area contributed by atoms with E-state index in [1.807, 2.05) is 12.2 Å². The van der Waals surface area contributed by atoms with Crippen LogP contribution < -0.4 is 0 Å². The number of Topliss-reactive ketones (excluding diaryl/α,β-unsaturated/α-hetero) is 1. The quantitative estimate of drug-likeness (QED) is 0.406. The Kier molecular flexibility index (Phi) is 8.79. The average Bonchev–Trinajstić information content (AvgIpc) is 2.97. The van der Waals surface area contributed by atoms with Crippen LogP contribution in [0.15, 0.2) is 12.2 Å². The second-order valence-electron chi connectivity index (χ2n) is 8.09. The lowest BCUT2D eigenvalue weighted by Crippen LogP contribution is -2.23. The molecule has 0 bridgehead atoms. The molecule has 0 aromatic carbocycles. The van der Waals surface area contributed by atoms with E-state index in [2.05, 4.69) is 0 Å². The van der Waals surface area contributed by atoms with Crippen LogP contribution in [-0.4, -0.2) is 39.3 Å². The molecule has 4 atom stereocenters. The summed E-state index contributed by atoms with van der Waals surface area (Å²) in [6, 6.07) is 0. The Hall–Kier alpha value is -1.20. The van der Waals surface area contributed by atoms with Crippen molar-refractivity contribution < 1.29 is 24.9 Å². The number of aliphatic hydroxyl groups is 2. The number of unbranched alkanes of at least 4 members (excludes halogenated alkanes) is 1. The molecule has 2 aliphatic rings. The number of ketones is 1. The Labute approximate surface area is 156 Å². The molecule has 0 unspecified atom stereocenters. The molecule has 148 valence electrons. The van der Waals surface area contributed by atoms with E-state index in [-0.39, 0.29) is 24.0 Å². The summed E-state index contributed by atoms with van der Waals surface area (Å²) < 4.78 is 0. The van der Waals surface area contributed by atoms with Gasteiger partial charge in [0.25, 0.3) is 0 Å². The maximum Gasteiger partial charge on any atom is 0.303 e. The van der Waals surface area contributed by atoms with Crippen molar-refractivity contribution in [3.05, 3.63) is 12.2 Å². The van der Waals surface area contributed by atoms with Gasteiger partial charge in [0, 0.05) is 19.3 Å². The number of hydrogen-bond acceptors (Lipinski definition) is 4. The number of carboxylic acid groups (broad SMARTS) is 1. The molecule has 0 saturated heterocycles. The van der Waals surface area contributed by atoms with Crippen molar-refractivity contribution in [3.63, 3.8) is 0 Å². The Morgan fingerprint density at radius 3 is 2.38 bits per heavy atom. The fraction of sp³-hybridized carbons (Fsp3) is 0.810. The van der Waals surface area contributed by atoms with E-state index < -0.39 is 18.2 Å². The predicted octanol–water partition coefficient (Wildman–Crippen LogP) is 3.48. The Morgan fingerprint density at radius 2 is 1.69 bits per heavy atom. The predicted molar refractivity (Wildman–Crippen MR) is 99.7 cm³/mol. The van der Waals surface area contributed by atoms with Crippen LogP contribution in [0.3, 0.4) is 0 Å². The van der Waals surface area contributed by atoms with Crippen molar-refractivity contribution in [2.75, 3.05) is 0 Å². The summed E-state index contributed by atoms with van der Waals surface area (Å²) in [4.78, 5) is 22.7. The number of hydrogen-bond donors (Lipinski definition) is 3. The van der Waals surface area contributed by atoms with Crippen LogP contribution >= 0.6 is 0 Å². The summed E-state index contributed by atoms with van der Waals surface area (Å²) in [5.41, 5.74) is 0. The number of carbonyl (C=O) groups excluding carboxylic acids is 1. The highest BCUT2D eigenvalue weighted by molar-refractivity contribution is 5.78. The molecule has 0 heterocycles. The number of carboxylic acids is 1. The third-order valence-electron chi connectivity index (χ3n) is 6.09. The van der Waals surface area contributed by atoms with Gasteiger partial charge in [0.2, 0.25) is 0 Å². The van der Waals surface area contributed by atoms with Gasteiger partial charge in [-0.1, -0.05) is 31.4 Å². The molecule has 0 aromatic rings. The van der Waals surface area contributed by atoms with Crippen molar-refractivity contribution in [2.24, 2.45) is 17.8 Å². The van der Waals surface area contributed by atoms with E-state index in [0.717, 1.165) is 19.3 Å². The molecule has 5 heteroatoms. The molecule has 26 heavy (non-hydrogen) atoms. The largest absolute Gasteiger partial charge is 0.481 e. The zero-order valence-electron chi connectivity index (χ0n) is 15.7. The molecule has 2 fully saturated rings. The third kappa shape index (κ3) is 6.84. The minimum absolute atomic E-state index is 0.0724. The zero-order valence-corrected chi connectivity index (χ0v) is 15.7. The first-order valence-corrected chi connectivity index (χ1v) is 10.3. The van der Waals surface area contributed by atoms with Crippen LogP contribution in [0.5, 0.6) is 0 Å². The fourth-order valence-corrected chi connectivity index (χ4v) is 4.46. The van der Waals surface area contributed by atoms with Crippen LogP contribution in [0.4, 0.5) is 0 Å². The minimum atomic E-state index is -0.828. The number of allylic oxidation sites excluding steroid dienone is 1. The molecule has 0 aromatic heterocycles. The van der Waals surface area contributed by atoms with Gasteiger partial charge >= 0.3 is 5.97 Å². The summed E-state index contributed by atoms with van der Waals surface area (Å²) in [6.07, 6.45) is 12.3. The first-order chi connectivity index (χ1) is 12.5. The monoisotopic (exact) mass is 366 g/mol. The summed E-state index contributed by atoms with van der Waals surface area (Å²) in [5.74, 6) is -0.304. The van der Waals surface area contributed by atoms with Gasteiger partial charge in [-0.25, -0.2) is 0 Å². The number of rotatable bonds is 10. The van der Waals surface area contributed by atoms with Gasteiger partial charge in [-0.2, -0.15) is 0 Å². The van der Waals surface area contributed by atoms with E-state index in [4.69, 9.17) is 5.11 Å². The van der Waals surface area contributed by atoms with Crippen molar-refractivity contribution in [2.45, 2.75) is 89.3 Å². The second kappa shape index (κ2) is 10.8. The third-order valence-corrected chi connectivity index (χ3v) is 6.09. The van der Waals surface area contributed by atoms with Crippen molar-refractivity contribution in [1.29, 1.82) is 0 Å². The maximum absolute atomic E-state index is 12.2. The Bertz CT molecular complexity index is 481. The first kappa shape index (κ1) is 21.1. The number of carbonyl (C=O) groups is 2. The molecule has 0 radical (unpaired) electrons. The standard InChI is InChI=1S/C21H34O5/c22-17(8-4-5-9-21(25)26)14-18-15(11-13-20(18)24)10-12-19(23)16-6-2-1-3-7-16/h10,12,15-16,18-20,23-24H,1-9,11,13-14H2,(H,25,26)/b12-10+/t15-,18+,19+,20-/m0/s1. The summed E-state index contributed by atoms with van der Waals surface area (Å²) in [6.45, 7) is 0. The van der Waals surface area contributed by atoms with Gasteiger partial charge < -0.3 is 15.3 Å². The highest BCUT2D eigenvalue weighted by Crippen LogP contribution is 2.36. The van der Waals surface area contributed by atoms with Crippen molar-refractivity contribution in [1.82, 2.24) is 0 Å². The van der Waals surface area contributed by atoms with E-state index >= 15 is 0 Å². The Balaban J connectivity index is 1.79. The fourth-order valence-electron chi connectivity index (χ4n) is 4.46. The summed E-state index contributed by atoms with van der Waals surface area (Å²) >= 11 is 0. The summed E-state index contributed by atoms with van der Waals surface area (Å²) in [7, 11) is 0. The van der Waals surface area contributed by atoms with E-state index in [0.29, 0.717) is 38.0 Å². The smallest absolute Gasteiger partial charge is 0.303 e. The van der Waals surface area contributed by atoms with Crippen LogP contribution in [0.2, 0.25) is 0 Å². The maximum atomic E-state index is 12.2. The lowest BCUT2D eigenvalue weighted by molar-refractivity contribution is -0.137. The second-order valence-corrected chi connectivity index (χ2v) is 8.09. The highest BCUT2D eigenvalue weighted by atomic mass is 16.4. The lowest BCUT2D eigenvalue weighted by Gasteiger charge is -2.25. The molecule has 2 aliphatic carbocycles. The number of aliphatic hydroxyl groups excluding tert-OH is 2. The summed E-state index contributed by atoms with van der Waals surface area (Å²) in [5, 5.41) is 29.3. The average molecular weight is 366 g/mol. The molecule has 2 saturated carbocycles. The normalized spacial score (nSPS) is 28.5. The van der Waals surface area contributed by atoms with E-state index in [1.54, 1.807) is 0 Å². The van der Waals surface area contributed by atoms with E-state index in [1.165, 1.54) is 19.3 Å². The lowest BCUT2D eigenvalue weighted by atomic mass is 9.84. The zero-order chi connectivity index (χ0) is 18.9. The van der Waals surface area contributed by atoms with Gasteiger partial charge in [0.15, 0.2) is 0 Å². The first-order valence-electron chi connectivity index (χ1n) is 10.3. The van der Waals surface area contributed by atoms with Crippen molar-refractivity contribution >= 4 is 11.8 Å². The van der Waals surface area contributed by atoms with Gasteiger partial charge in [-0.3, -0.25) is 9.59 Å². The van der Waals surface area contributed by atoms with Gasteiger partial charge in [-0.05, 0) is 56.3 Å². The highest BCUT2D eigenvalue weighted by Gasteiger charge is 2.34. The number of aliphatic carboxylic acids is 1. The van der Waals surface area contributed by atoms with Crippen molar-refractivity contribution in [3.8, 4) is 0 Å². The van der Waals surface area contributed by atoms with Gasteiger partial charge in [0.1, 0.15) is 5.78 Å². The molecule has 0 spiro atoms. The van der Waals surface area contributed by atoms with Gasteiger partial charge in [0.05, 0.1) is 12.2 Å². The molecule has 5 nitrogen and oxygen atoms in total. The van der Waals surface area contributed by atoms with Crippen LogP contribution in [0, 0.1) is 17.8 Å². The molecule has 2 rings (SSSR count). The van der Waals surface area contributed by atoms with Gasteiger partial charge in [-0.15, -0.1) is 0 Å². The van der Waals surface area contributed by atoms with Crippen LogP contribution in [0.25, 0.3) is 0 Å². The molecule has 0 amide bonds. The van der Waals surface area contributed by atoms with E-state index in [9.17, 15) is 19.8 Å². The SMILES string of the molecule is O=C(O)CCCCC(=O)C[C@H]1[C@@H](O)CC[C@@H]1/C=C/[C@@H](O)C1CCCCC1. The molecule has 0 aliphatic heterocycles. The molecular weight excluding hydrogens is 332 g/mol. The molecule has 3 N–H and O–H groups in total. The topological polar surface area (TPSA) is 94.8 Å². The molecular formula is C21H34O5. The van der Waals surface area contributed by atoms with Crippen LogP contribution in [0.1, 0.15) is 77.0 Å².